The quantitative estimate of drug-likeness (QED) is 0.0101. The normalized spacial score (nSPS) is 11.0. The number of para-hydroxylation sites is 5. The number of hydrogen-bond donors (Lipinski definition) is 7. The molecule has 0 fully saturated rings. The van der Waals surface area contributed by atoms with E-state index >= 15 is 0 Å². The van der Waals surface area contributed by atoms with Crippen molar-refractivity contribution in [3.63, 3.8) is 0 Å². The molecule has 0 amide bonds. The molecule has 149 heavy (non-hydrogen) atoms. The van der Waals surface area contributed by atoms with Gasteiger partial charge in [0.1, 0.15) is 80.3 Å². The summed E-state index contributed by atoms with van der Waals surface area (Å²) in [6.45, 7) is 0. The van der Waals surface area contributed by atoms with Crippen LogP contribution in [0.3, 0.4) is 0 Å². The maximum absolute atomic E-state index is 12.1. The summed E-state index contributed by atoms with van der Waals surface area (Å²) in [5, 5.41) is 65.4. The van der Waals surface area contributed by atoms with E-state index in [0.717, 1.165) is 144 Å². The topological polar surface area (TPSA) is 299 Å². The van der Waals surface area contributed by atoms with E-state index in [1.54, 1.807) is 48.5 Å². The Kier molecular flexibility index (Phi) is 43.8. The molecule has 0 bridgehead atoms. The van der Waals surface area contributed by atoms with Crippen molar-refractivity contribution >= 4 is 267 Å². The van der Waals surface area contributed by atoms with E-state index in [4.69, 9.17) is 70.4 Å². The van der Waals surface area contributed by atoms with E-state index in [2.05, 4.69) is 327 Å². The average Bonchev–Trinajstić information content (AvgIpc) is 1.67. The van der Waals surface area contributed by atoms with Crippen LogP contribution in [0.1, 0.15) is 27.0 Å². The van der Waals surface area contributed by atoms with Crippen LogP contribution in [-0.2, 0) is 27.4 Å². The first-order valence-corrected chi connectivity index (χ1v) is 55.5. The number of furan rings is 5. The summed E-state index contributed by atoms with van der Waals surface area (Å²) in [5.41, 5.74) is 16.9. The maximum Gasteiger partial charge on any atom is 1.00 e. The van der Waals surface area contributed by atoms with Crippen LogP contribution >= 0.6 is 78.6 Å². The Bertz CT molecular complexity index is 8620. The van der Waals surface area contributed by atoms with Crippen molar-refractivity contribution in [2.45, 2.75) is 20.8 Å². The number of rotatable bonds is 14. The smallest absolute Gasteiger partial charge is 1.00 e. The molecule has 1 atom stereocenters. The SMILES string of the molecule is Brc1ccc(/C=C\c2coc3ccccc23)cc1.Brc1ccc2ccc3c4ccccc4oc3c2c1.CO.CS(=O)c1ccccc1-c1ccc2ccc3c4ccccc4oc3c2c1.CSc1ccccc1-c1ccc2ccc3c4ccccc4oc3c2c1.CSc1ccccc1B(O)O.C[O-].O=Cc1ccc(Br)cc1.O=S(=O)(O)O.OO.[Br-].[Na+].c1ccc([P+](Cc2coc3ccccc23)(c2ccccc2)c2ccccc2)cc1. The number of thioether (sulfide) groups is 2. The molecule has 1 unspecified atom stereocenters. The second-order valence-electron chi connectivity index (χ2n) is 32.5. The zero-order chi connectivity index (χ0) is 104. The summed E-state index contributed by atoms with van der Waals surface area (Å²) in [5.74, 6) is 0. The molecule has 5 heterocycles. The summed E-state index contributed by atoms with van der Waals surface area (Å²) in [6, 6.07) is 145. The molecule has 0 saturated carbocycles. The molecular formula is C121H99BBr4NaO17PS4. The molecule has 0 aliphatic heterocycles. The molecule has 0 radical (unpaired) electrons. The Balaban J connectivity index is 0.000000155. The summed E-state index contributed by atoms with van der Waals surface area (Å²) in [6.07, 6.45) is 15.4. The molecule has 28 heteroatoms. The number of aliphatic hydroxyl groups excluding tert-OH is 1. The van der Waals surface area contributed by atoms with Crippen LogP contribution in [0, 0.1) is 0 Å². The molecule has 5 aromatic heterocycles. The van der Waals surface area contributed by atoms with E-state index in [0.29, 0.717) is 11.0 Å². The molecule has 7 N–H and O–H groups in total. The van der Waals surface area contributed by atoms with E-state index in [1.165, 1.54) is 97.9 Å². The molecule has 0 saturated heterocycles. The van der Waals surface area contributed by atoms with Crippen molar-refractivity contribution in [2.24, 2.45) is 0 Å². The predicted molar refractivity (Wildman–Crippen MR) is 622 cm³/mol. The summed E-state index contributed by atoms with van der Waals surface area (Å²) < 4.78 is 76.7. The number of carbonyl (C=O) groups excluding carboxylic acids is 1. The standard InChI is InChI=1S/C27H22OP.C23H16O2S.C23H16OS.C16H9BrO.C16H11BrO.C7H9BO2S.C7H5BrO.CH4O.CH3O.BrH.Na.H2O4S.H2O2/c1-4-12-23(13-5-1)29(24-14-6-2-7-15-24,25-16-8-3-9-17-25)21-22-20-28-27-19-11-10-18-26(22)27;1-26(24)22-9-5-3-6-17(22)16-11-10-15-12-13-19-18-7-2-4-8-21(18)25-23(19)20(15)14-16;1-25-22-9-5-3-6-17(22)16-11-10-15-12-13-19-18-7-2-4-8-21(18)24-23(19)20(15)14-16;17-11-7-5-10-6-8-13-12-3-1-2-4-15(12)18-16(13)14(10)9-11;17-14-9-6-12(7-10-14)5-8-13-11-18-16-4-2-1-3-15(13)16;1-11-7-5-3-2-4-6(7)8(9)10;8-7-3-1-6(5-9)2-4-7;2*1-2;;;1-5(2,3)4;1-2/h1-20H,21H2;2-14H,1H3;2-14H,1H3;1-9H;1-11H;2-5,9-10H,1H3;1-5H;2H,1H3;1H3;1H;;(H2,1,2,3,4);1-2H/q+1;;;;;;;;-1;;+1;;/p-1/b;;;;8-5-;;;;;;;;. The van der Waals surface area contributed by atoms with E-state index in [-0.39, 0.29) is 46.5 Å². The fraction of sp³-hybridized carbons (Fsp3) is 0.0496. The van der Waals surface area contributed by atoms with Gasteiger partial charge in [0.25, 0.3) is 0 Å². The van der Waals surface area contributed by atoms with Gasteiger partial charge < -0.3 is 59.3 Å². The minimum atomic E-state index is -4.67. The van der Waals surface area contributed by atoms with Gasteiger partial charge in [0.2, 0.25) is 0 Å². The van der Waals surface area contributed by atoms with Crippen LogP contribution in [-0.4, -0.2) is 93.8 Å². The Morgan fingerprint density at radius 2 is 0.718 bits per heavy atom. The van der Waals surface area contributed by atoms with Gasteiger partial charge >= 0.3 is 47.1 Å². The number of fused-ring (bicyclic) bond motifs is 17. The fourth-order valence-corrected chi connectivity index (χ4v) is 24.3. The van der Waals surface area contributed by atoms with Crippen LogP contribution in [0.15, 0.2) is 487 Å². The van der Waals surface area contributed by atoms with Crippen LogP contribution in [0.4, 0.5) is 0 Å². The Morgan fingerprint density at radius 3 is 1.15 bits per heavy atom. The fourth-order valence-electron chi connectivity index (χ4n) is 17.1. The number of benzene rings is 19. The summed E-state index contributed by atoms with van der Waals surface area (Å²) in [4.78, 5) is 13.1. The van der Waals surface area contributed by atoms with Crippen LogP contribution < -0.4 is 73.0 Å². The van der Waals surface area contributed by atoms with Crippen LogP contribution in [0.5, 0.6) is 0 Å². The van der Waals surface area contributed by atoms with Gasteiger partial charge in [-0.3, -0.25) is 28.6 Å². The molecule has 17 nitrogen and oxygen atoms in total. The first kappa shape index (κ1) is 115. The molecule has 19 aromatic carbocycles. The summed E-state index contributed by atoms with van der Waals surface area (Å²) >= 11 is 13.5. The third-order valence-electron chi connectivity index (χ3n) is 23.8. The first-order valence-electron chi connectivity index (χ1n) is 45.8. The Morgan fingerprint density at radius 1 is 0.376 bits per heavy atom. The zero-order valence-electron chi connectivity index (χ0n) is 81.4. The van der Waals surface area contributed by atoms with E-state index in [9.17, 15) is 9.00 Å². The van der Waals surface area contributed by atoms with Gasteiger partial charge in [-0.05, 0) is 214 Å². The van der Waals surface area contributed by atoms with Crippen LogP contribution in [0.25, 0.3) is 154 Å². The molecule has 24 aromatic rings. The van der Waals surface area contributed by atoms with Crippen molar-refractivity contribution in [1.82, 2.24) is 0 Å². The zero-order valence-corrected chi connectivity index (χ0v) is 93.9. The van der Waals surface area contributed by atoms with Gasteiger partial charge in [0, 0.05) is 117 Å². The number of aliphatic hydroxyl groups is 1. The molecule has 0 aliphatic carbocycles. The second-order valence-corrected chi connectivity index (χ2v) is 42.7. The Labute approximate surface area is 932 Å². The predicted octanol–water partition coefficient (Wildman–Crippen LogP) is 24.4. The average molecular weight is 2340 g/mol. The van der Waals surface area contributed by atoms with Crippen LogP contribution in [0.2, 0.25) is 0 Å². The minimum Gasteiger partial charge on any atom is -1.00 e. The maximum atomic E-state index is 12.1. The van der Waals surface area contributed by atoms with Crippen molar-refractivity contribution in [1.29, 1.82) is 0 Å². The van der Waals surface area contributed by atoms with Gasteiger partial charge in [0.05, 0.1) is 23.3 Å². The van der Waals surface area contributed by atoms with Crippen molar-refractivity contribution in [3.8, 4) is 22.3 Å². The third kappa shape index (κ3) is 28.9. The second kappa shape index (κ2) is 56.6. The van der Waals surface area contributed by atoms with Gasteiger partial charge in [-0.25, -0.2) is 0 Å². The molecule has 24 rings (SSSR count). The first-order chi connectivity index (χ1) is 71.7. The van der Waals surface area contributed by atoms with Gasteiger partial charge in [-0.2, -0.15) is 15.5 Å². The van der Waals surface area contributed by atoms with Crippen molar-refractivity contribution in [3.05, 3.63) is 473 Å². The van der Waals surface area contributed by atoms with E-state index in [1.807, 2.05) is 152 Å². The van der Waals surface area contributed by atoms with Gasteiger partial charge in [0.15, 0.2) is 0 Å². The van der Waals surface area contributed by atoms with Crippen molar-refractivity contribution in [2.75, 3.05) is 33.0 Å². The number of aldehydes is 1. The number of hydrogen-bond acceptors (Lipinski definition) is 17. The Hall–Kier alpha value is -12.3. The number of carbonyl (C=O) groups is 1. The minimum absolute atomic E-state index is 0. The third-order valence-corrected chi connectivity index (χ3v) is 32.3. The number of halogens is 4. The summed E-state index contributed by atoms with van der Waals surface area (Å²) in [7, 11) is -7.22. The largest absolute Gasteiger partial charge is 1.00 e. The monoisotopic (exact) mass is 2330 g/mol. The van der Waals surface area contributed by atoms with E-state index < -0.39 is 35.6 Å². The molecule has 0 spiro atoms. The van der Waals surface area contributed by atoms with Crippen molar-refractivity contribution < 1.29 is 126 Å². The molecule has 0 aliphatic rings. The van der Waals surface area contributed by atoms with Gasteiger partial charge in [-0.1, -0.05) is 333 Å². The molecular weight excluding hydrogens is 2240 g/mol. The van der Waals surface area contributed by atoms with Gasteiger partial charge in [-0.15, -0.1) is 23.5 Å². The molecule has 746 valence electrons.